The maximum absolute atomic E-state index is 10.0. The smallest absolute Gasteiger partial charge is 0.119 e. The van der Waals surface area contributed by atoms with Gasteiger partial charge in [0.05, 0.1) is 6.61 Å². The van der Waals surface area contributed by atoms with E-state index in [1.54, 1.807) is 24.3 Å². The lowest BCUT2D eigenvalue weighted by atomic mass is 9.90. The average Bonchev–Trinajstić information content (AvgIpc) is 2.98. The molecular weight excluding hydrogens is 494 g/mol. The Balaban J connectivity index is 1.12. The summed E-state index contributed by atoms with van der Waals surface area (Å²) >= 11 is 0. The van der Waals surface area contributed by atoms with Crippen LogP contribution in [0.2, 0.25) is 0 Å². The van der Waals surface area contributed by atoms with E-state index in [1.807, 2.05) is 36.4 Å². The van der Waals surface area contributed by atoms with Crippen LogP contribution in [0.4, 0.5) is 5.69 Å². The first-order valence-electron chi connectivity index (χ1n) is 13.6. The zero-order valence-corrected chi connectivity index (χ0v) is 22.2. The quantitative estimate of drug-likeness (QED) is 0.166. The Hall–Kier alpha value is -4.96. The summed E-state index contributed by atoms with van der Waals surface area (Å²) in [6.45, 7) is 1.47. The predicted molar refractivity (Wildman–Crippen MR) is 165 cm³/mol. The maximum Gasteiger partial charge on any atom is 0.119 e. The first-order valence-corrected chi connectivity index (χ1v) is 13.6. The van der Waals surface area contributed by atoms with Crippen LogP contribution in [0.15, 0.2) is 121 Å². The molecule has 0 aliphatic rings. The van der Waals surface area contributed by atoms with E-state index in [4.69, 9.17) is 4.74 Å². The first kappa shape index (κ1) is 25.3. The molecule has 3 N–H and O–H groups in total. The minimum absolute atomic E-state index is 0.246. The van der Waals surface area contributed by atoms with Crippen molar-refractivity contribution in [3.8, 4) is 28.4 Å². The van der Waals surface area contributed by atoms with Crippen molar-refractivity contribution in [2.75, 3.05) is 18.5 Å². The number of benzene rings is 6. The summed E-state index contributed by atoms with van der Waals surface area (Å²) in [5.74, 6) is 1.36. The minimum atomic E-state index is 0.246. The molecule has 0 spiro atoms. The van der Waals surface area contributed by atoms with Gasteiger partial charge in [-0.15, -0.1) is 0 Å². The van der Waals surface area contributed by atoms with Crippen LogP contribution in [0.5, 0.6) is 17.2 Å². The SMILES string of the molecule is Oc1ccc(-c2ccc3cc(O)ccc3c2Cc2ccc(OCCCNc3cccc4ccccc34)cc2)cc1. The molecule has 0 atom stereocenters. The first-order chi connectivity index (χ1) is 19.6. The molecule has 6 aromatic rings. The lowest BCUT2D eigenvalue weighted by molar-refractivity contribution is 0.315. The van der Waals surface area contributed by atoms with Gasteiger partial charge >= 0.3 is 0 Å². The van der Waals surface area contributed by atoms with Crippen LogP contribution in [0, 0.1) is 0 Å². The van der Waals surface area contributed by atoms with Crippen LogP contribution in [-0.4, -0.2) is 23.4 Å². The van der Waals surface area contributed by atoms with E-state index in [2.05, 4.69) is 66.0 Å². The largest absolute Gasteiger partial charge is 0.508 e. The van der Waals surface area contributed by atoms with Crippen LogP contribution in [0.3, 0.4) is 0 Å². The third-order valence-corrected chi connectivity index (χ3v) is 7.29. The second-order valence-corrected chi connectivity index (χ2v) is 10.0. The summed E-state index contributed by atoms with van der Waals surface area (Å²) in [6, 6.07) is 40.0. The second-order valence-electron chi connectivity index (χ2n) is 10.0. The Labute approximate surface area is 234 Å². The Morgan fingerprint density at radius 1 is 0.625 bits per heavy atom. The highest BCUT2D eigenvalue weighted by molar-refractivity contribution is 5.94. The standard InChI is InChI=1S/C36H31NO3/c38-29-14-11-27(12-15-29)32-19-13-28-24-30(39)16-20-33(28)35(32)23-25-9-17-31(18-10-25)40-22-4-21-37-36-8-3-6-26-5-1-2-7-34(26)36/h1-3,5-20,24,37-39H,4,21-23H2. The molecule has 0 aliphatic carbocycles. The molecule has 6 aromatic carbocycles. The van der Waals surface area contributed by atoms with Crippen molar-refractivity contribution in [3.05, 3.63) is 132 Å². The molecule has 40 heavy (non-hydrogen) atoms. The summed E-state index contributed by atoms with van der Waals surface area (Å²) in [4.78, 5) is 0. The lowest BCUT2D eigenvalue weighted by Gasteiger charge is -2.15. The molecule has 0 aromatic heterocycles. The highest BCUT2D eigenvalue weighted by Gasteiger charge is 2.12. The van der Waals surface area contributed by atoms with Crippen molar-refractivity contribution in [3.63, 3.8) is 0 Å². The van der Waals surface area contributed by atoms with Crippen molar-refractivity contribution in [1.82, 2.24) is 0 Å². The van der Waals surface area contributed by atoms with E-state index in [-0.39, 0.29) is 11.5 Å². The number of fused-ring (bicyclic) bond motifs is 2. The molecule has 0 unspecified atom stereocenters. The van der Waals surface area contributed by atoms with Crippen molar-refractivity contribution < 1.29 is 14.9 Å². The van der Waals surface area contributed by atoms with Gasteiger partial charge in [-0.1, -0.05) is 78.9 Å². The zero-order valence-electron chi connectivity index (χ0n) is 22.2. The Morgan fingerprint density at radius 2 is 1.40 bits per heavy atom. The van der Waals surface area contributed by atoms with Crippen molar-refractivity contribution in [2.24, 2.45) is 0 Å². The highest BCUT2D eigenvalue weighted by Crippen LogP contribution is 2.34. The van der Waals surface area contributed by atoms with Crippen LogP contribution >= 0.6 is 0 Å². The number of hydrogen-bond donors (Lipinski definition) is 3. The summed E-state index contributed by atoms with van der Waals surface area (Å²) in [7, 11) is 0. The molecule has 0 aliphatic heterocycles. The fraction of sp³-hybridized carbons (Fsp3) is 0.111. The number of aromatic hydroxyl groups is 2. The van der Waals surface area contributed by atoms with Gasteiger partial charge < -0.3 is 20.3 Å². The molecule has 0 bridgehead atoms. The van der Waals surface area contributed by atoms with E-state index in [1.165, 1.54) is 21.9 Å². The molecule has 0 fully saturated rings. The number of phenolic OH excluding ortho intramolecular Hbond substituents is 2. The zero-order chi connectivity index (χ0) is 27.3. The van der Waals surface area contributed by atoms with E-state index in [9.17, 15) is 10.2 Å². The number of phenols is 2. The van der Waals surface area contributed by atoms with E-state index < -0.39 is 0 Å². The van der Waals surface area contributed by atoms with E-state index >= 15 is 0 Å². The predicted octanol–water partition coefficient (Wildman–Crippen LogP) is 8.54. The van der Waals surface area contributed by atoms with Gasteiger partial charge in [0.1, 0.15) is 17.2 Å². The normalized spacial score (nSPS) is 11.1. The molecule has 4 nitrogen and oxygen atoms in total. The van der Waals surface area contributed by atoms with Crippen LogP contribution in [-0.2, 0) is 6.42 Å². The van der Waals surface area contributed by atoms with Gasteiger partial charge in [0.25, 0.3) is 0 Å². The number of ether oxygens (including phenoxy) is 1. The molecule has 4 heteroatoms. The Bertz CT molecular complexity index is 1750. The lowest BCUT2D eigenvalue weighted by Crippen LogP contribution is -2.07. The molecule has 0 radical (unpaired) electrons. The summed E-state index contributed by atoms with van der Waals surface area (Å²) in [5.41, 5.74) is 5.65. The van der Waals surface area contributed by atoms with Gasteiger partial charge in [-0.05, 0) is 93.7 Å². The maximum atomic E-state index is 10.0. The molecular formula is C36H31NO3. The van der Waals surface area contributed by atoms with E-state index in [0.29, 0.717) is 6.61 Å². The van der Waals surface area contributed by atoms with Crippen LogP contribution in [0.25, 0.3) is 32.7 Å². The van der Waals surface area contributed by atoms with Crippen LogP contribution < -0.4 is 10.1 Å². The van der Waals surface area contributed by atoms with Crippen molar-refractivity contribution in [1.29, 1.82) is 0 Å². The van der Waals surface area contributed by atoms with Gasteiger partial charge in [0, 0.05) is 17.6 Å². The van der Waals surface area contributed by atoms with Gasteiger partial charge in [0.15, 0.2) is 0 Å². The Morgan fingerprint density at radius 3 is 2.25 bits per heavy atom. The number of anilines is 1. The number of rotatable bonds is 9. The molecule has 6 rings (SSSR count). The van der Waals surface area contributed by atoms with E-state index in [0.717, 1.165) is 52.7 Å². The topological polar surface area (TPSA) is 61.7 Å². The monoisotopic (exact) mass is 525 g/mol. The fourth-order valence-corrected chi connectivity index (χ4v) is 5.26. The minimum Gasteiger partial charge on any atom is -0.508 e. The number of hydrogen-bond acceptors (Lipinski definition) is 4. The van der Waals surface area contributed by atoms with Gasteiger partial charge in [-0.3, -0.25) is 0 Å². The second kappa shape index (κ2) is 11.4. The van der Waals surface area contributed by atoms with Crippen molar-refractivity contribution in [2.45, 2.75) is 12.8 Å². The summed E-state index contributed by atoms with van der Waals surface area (Å²) in [5, 5.41) is 27.9. The average molecular weight is 526 g/mol. The fourth-order valence-electron chi connectivity index (χ4n) is 5.26. The molecule has 0 saturated heterocycles. The molecule has 0 amide bonds. The third-order valence-electron chi connectivity index (χ3n) is 7.29. The molecule has 0 heterocycles. The molecule has 198 valence electrons. The highest BCUT2D eigenvalue weighted by atomic mass is 16.5. The van der Waals surface area contributed by atoms with Gasteiger partial charge in [-0.25, -0.2) is 0 Å². The van der Waals surface area contributed by atoms with Gasteiger partial charge in [0.2, 0.25) is 0 Å². The molecule has 0 saturated carbocycles. The van der Waals surface area contributed by atoms with Gasteiger partial charge in [-0.2, -0.15) is 0 Å². The third kappa shape index (κ3) is 5.57. The van der Waals surface area contributed by atoms with Crippen LogP contribution in [0.1, 0.15) is 17.5 Å². The summed E-state index contributed by atoms with van der Waals surface area (Å²) < 4.78 is 6.03. The van der Waals surface area contributed by atoms with Crippen molar-refractivity contribution >= 4 is 27.2 Å². The number of nitrogens with one attached hydrogen (secondary N) is 1. The summed E-state index contributed by atoms with van der Waals surface area (Å²) in [6.07, 6.45) is 1.62. The Kier molecular flexibility index (Phi) is 7.23.